The molecule has 1 rings (SSSR count). The normalized spacial score (nSPS) is 31.3. The molecule has 1 heterocycles. The fourth-order valence-corrected chi connectivity index (χ4v) is 1.56. The molecule has 1 atom stereocenters. The van der Waals surface area contributed by atoms with Gasteiger partial charge in [-0.05, 0) is 6.42 Å². The van der Waals surface area contributed by atoms with Crippen molar-refractivity contribution in [2.75, 3.05) is 13.2 Å². The van der Waals surface area contributed by atoms with Crippen molar-refractivity contribution in [2.45, 2.75) is 27.2 Å². The third-order valence-corrected chi connectivity index (χ3v) is 2.34. The van der Waals surface area contributed by atoms with E-state index in [-0.39, 0.29) is 11.3 Å². The number of carbonyl (C=O) groups excluding carboxylic acids is 1. The van der Waals surface area contributed by atoms with Gasteiger partial charge in [0.05, 0.1) is 12.0 Å². The first kappa shape index (κ1) is 8.72. The first-order valence-electron chi connectivity index (χ1n) is 4.18. The van der Waals surface area contributed by atoms with Crippen LogP contribution in [0.1, 0.15) is 27.2 Å². The lowest BCUT2D eigenvalue weighted by molar-refractivity contribution is -0.131. The van der Waals surface area contributed by atoms with Gasteiger partial charge in [-0.25, -0.2) is 0 Å². The number of Topliss-reactive ketones (excluding diaryl/α,β-unsaturated/α-hetero) is 1. The molecule has 0 aromatic heterocycles. The molecule has 64 valence electrons. The lowest BCUT2D eigenvalue weighted by atomic mass is 9.80. The zero-order valence-corrected chi connectivity index (χ0v) is 7.52. The number of hydrogen-bond acceptors (Lipinski definition) is 2. The molecular weight excluding hydrogens is 140 g/mol. The largest absolute Gasteiger partial charge is 0.380 e. The second kappa shape index (κ2) is 2.94. The molecule has 2 heteroatoms. The Morgan fingerprint density at radius 2 is 2.18 bits per heavy atom. The maximum absolute atomic E-state index is 11.6. The Morgan fingerprint density at radius 1 is 1.55 bits per heavy atom. The highest BCUT2D eigenvalue weighted by atomic mass is 16.5. The number of ether oxygens (including phenoxy) is 1. The number of ketones is 1. The Balaban J connectivity index is 2.64. The van der Waals surface area contributed by atoms with Gasteiger partial charge in [0.2, 0.25) is 0 Å². The van der Waals surface area contributed by atoms with Crippen molar-refractivity contribution in [1.29, 1.82) is 0 Å². The third kappa shape index (κ3) is 1.62. The Kier molecular flexibility index (Phi) is 2.33. The first-order valence-corrected chi connectivity index (χ1v) is 4.18. The Labute approximate surface area is 67.9 Å². The van der Waals surface area contributed by atoms with E-state index in [1.165, 1.54) is 0 Å². The van der Waals surface area contributed by atoms with E-state index >= 15 is 0 Å². The Morgan fingerprint density at radius 3 is 2.55 bits per heavy atom. The van der Waals surface area contributed by atoms with Crippen molar-refractivity contribution in [2.24, 2.45) is 11.3 Å². The summed E-state index contributed by atoms with van der Waals surface area (Å²) in [6, 6.07) is 0. The Hall–Kier alpha value is -0.370. The zero-order chi connectivity index (χ0) is 8.48. The number of hydrogen-bond donors (Lipinski definition) is 0. The van der Waals surface area contributed by atoms with Crippen LogP contribution >= 0.6 is 0 Å². The molecule has 0 bridgehead atoms. The fraction of sp³-hybridized carbons (Fsp3) is 0.889. The molecule has 0 radical (unpaired) electrons. The molecule has 1 aliphatic rings. The summed E-state index contributed by atoms with van der Waals surface area (Å²) in [5.41, 5.74) is -0.186. The van der Waals surface area contributed by atoms with E-state index in [2.05, 4.69) is 0 Å². The van der Waals surface area contributed by atoms with Crippen molar-refractivity contribution in [3.63, 3.8) is 0 Å². The van der Waals surface area contributed by atoms with Gasteiger partial charge in [0, 0.05) is 12.5 Å². The quantitative estimate of drug-likeness (QED) is 0.607. The fourth-order valence-electron chi connectivity index (χ4n) is 1.56. The summed E-state index contributed by atoms with van der Waals surface area (Å²) < 4.78 is 5.21. The smallest absolute Gasteiger partial charge is 0.143 e. The van der Waals surface area contributed by atoms with Gasteiger partial charge >= 0.3 is 0 Å². The van der Waals surface area contributed by atoms with Gasteiger partial charge in [-0.1, -0.05) is 20.8 Å². The summed E-state index contributed by atoms with van der Waals surface area (Å²) in [5.74, 6) is 0.483. The van der Waals surface area contributed by atoms with Crippen LogP contribution in [0.15, 0.2) is 0 Å². The van der Waals surface area contributed by atoms with Crippen LogP contribution in [0.5, 0.6) is 0 Å². The maximum Gasteiger partial charge on any atom is 0.143 e. The highest BCUT2D eigenvalue weighted by Crippen LogP contribution is 2.31. The van der Waals surface area contributed by atoms with Crippen molar-refractivity contribution >= 4 is 5.78 Å². The molecule has 0 saturated carbocycles. The topological polar surface area (TPSA) is 26.3 Å². The first-order chi connectivity index (χ1) is 5.06. The highest BCUT2D eigenvalue weighted by molar-refractivity contribution is 5.86. The van der Waals surface area contributed by atoms with E-state index < -0.39 is 0 Å². The molecular formula is C9H16O2. The molecule has 2 nitrogen and oxygen atoms in total. The molecule has 1 saturated heterocycles. The maximum atomic E-state index is 11.6. The summed E-state index contributed by atoms with van der Waals surface area (Å²) in [4.78, 5) is 11.6. The van der Waals surface area contributed by atoms with Crippen LogP contribution < -0.4 is 0 Å². The lowest BCUT2D eigenvalue weighted by Crippen LogP contribution is -2.31. The van der Waals surface area contributed by atoms with Gasteiger partial charge < -0.3 is 4.74 Å². The molecule has 0 aromatic carbocycles. The van der Waals surface area contributed by atoms with E-state index in [1.807, 2.05) is 20.8 Å². The van der Waals surface area contributed by atoms with Gasteiger partial charge in [0.1, 0.15) is 5.78 Å². The predicted octanol–water partition coefficient (Wildman–Crippen LogP) is 1.64. The molecule has 0 spiro atoms. The zero-order valence-electron chi connectivity index (χ0n) is 7.52. The van der Waals surface area contributed by atoms with E-state index in [9.17, 15) is 4.79 Å². The van der Waals surface area contributed by atoms with Gasteiger partial charge in [-0.2, -0.15) is 0 Å². The van der Waals surface area contributed by atoms with Crippen molar-refractivity contribution in [3.8, 4) is 0 Å². The van der Waals surface area contributed by atoms with Crippen LogP contribution in [-0.4, -0.2) is 19.0 Å². The lowest BCUT2D eigenvalue weighted by Gasteiger charge is -2.21. The average Bonchev–Trinajstić information content (AvgIpc) is 2.35. The summed E-state index contributed by atoms with van der Waals surface area (Å²) >= 11 is 0. The summed E-state index contributed by atoms with van der Waals surface area (Å²) in [6.07, 6.45) is 0.893. The van der Waals surface area contributed by atoms with Crippen molar-refractivity contribution in [1.82, 2.24) is 0 Å². The monoisotopic (exact) mass is 156 g/mol. The van der Waals surface area contributed by atoms with E-state index in [1.54, 1.807) is 0 Å². The standard InChI is InChI=1S/C9H16O2/c1-7(2)8(10)9(3)4-5-11-6-9/h7H,4-6H2,1-3H3. The van der Waals surface area contributed by atoms with Gasteiger partial charge in [-0.15, -0.1) is 0 Å². The second-order valence-corrected chi connectivity index (χ2v) is 3.88. The van der Waals surface area contributed by atoms with E-state index in [0.29, 0.717) is 12.4 Å². The average molecular weight is 156 g/mol. The van der Waals surface area contributed by atoms with Crippen LogP contribution in [0.25, 0.3) is 0 Å². The molecule has 1 fully saturated rings. The molecule has 0 amide bonds. The molecule has 1 unspecified atom stereocenters. The minimum atomic E-state index is -0.186. The minimum Gasteiger partial charge on any atom is -0.380 e. The van der Waals surface area contributed by atoms with Crippen molar-refractivity contribution < 1.29 is 9.53 Å². The Bertz CT molecular complexity index is 155. The van der Waals surface area contributed by atoms with Crippen LogP contribution in [-0.2, 0) is 9.53 Å². The minimum absolute atomic E-state index is 0.140. The van der Waals surface area contributed by atoms with Gasteiger partial charge in [0.15, 0.2) is 0 Å². The molecule has 11 heavy (non-hydrogen) atoms. The number of rotatable bonds is 2. The summed E-state index contributed by atoms with van der Waals surface area (Å²) in [5, 5.41) is 0. The van der Waals surface area contributed by atoms with Crippen LogP contribution in [0, 0.1) is 11.3 Å². The molecule has 0 N–H and O–H groups in total. The predicted molar refractivity (Wildman–Crippen MR) is 43.4 cm³/mol. The molecule has 1 aliphatic heterocycles. The van der Waals surface area contributed by atoms with E-state index in [0.717, 1.165) is 13.0 Å². The number of carbonyl (C=O) groups is 1. The van der Waals surface area contributed by atoms with E-state index in [4.69, 9.17) is 4.74 Å². The van der Waals surface area contributed by atoms with Crippen molar-refractivity contribution in [3.05, 3.63) is 0 Å². The van der Waals surface area contributed by atoms with Crippen LogP contribution in [0.3, 0.4) is 0 Å². The van der Waals surface area contributed by atoms with Crippen LogP contribution in [0.4, 0.5) is 0 Å². The third-order valence-electron chi connectivity index (χ3n) is 2.34. The summed E-state index contributed by atoms with van der Waals surface area (Å²) in [7, 11) is 0. The molecule has 0 aromatic rings. The van der Waals surface area contributed by atoms with Gasteiger partial charge in [0.25, 0.3) is 0 Å². The SMILES string of the molecule is CC(C)C(=O)C1(C)CCOC1. The second-order valence-electron chi connectivity index (χ2n) is 3.88. The highest BCUT2D eigenvalue weighted by Gasteiger charge is 2.37. The summed E-state index contributed by atoms with van der Waals surface area (Å²) in [6.45, 7) is 7.26. The molecule has 0 aliphatic carbocycles. The van der Waals surface area contributed by atoms with Gasteiger partial charge in [-0.3, -0.25) is 4.79 Å². The van der Waals surface area contributed by atoms with Crippen LogP contribution in [0.2, 0.25) is 0 Å².